The van der Waals surface area contributed by atoms with Crippen LogP contribution in [0.5, 0.6) is 0 Å². The fraction of sp³-hybridized carbons (Fsp3) is 0.588. The summed E-state index contributed by atoms with van der Waals surface area (Å²) in [5.74, 6) is 1.10. The summed E-state index contributed by atoms with van der Waals surface area (Å²) in [5, 5.41) is 0. The number of imidazole rings is 1. The molecule has 20 heavy (non-hydrogen) atoms. The van der Waals surface area contributed by atoms with Gasteiger partial charge in [0, 0.05) is 12.1 Å². The van der Waals surface area contributed by atoms with Crippen molar-refractivity contribution in [3.63, 3.8) is 0 Å². The van der Waals surface area contributed by atoms with Gasteiger partial charge in [0.25, 0.3) is 0 Å². The third-order valence-corrected chi connectivity index (χ3v) is 4.85. The number of likely N-dealkylation sites (tertiary alicyclic amines) is 1. The smallest absolute Gasteiger partial charge is 0.121 e. The van der Waals surface area contributed by atoms with Crippen LogP contribution in [-0.4, -0.2) is 27.0 Å². The average molecular weight is 271 g/mol. The molecule has 1 N–H and O–H groups in total. The van der Waals surface area contributed by atoms with Gasteiger partial charge < -0.3 is 4.98 Å². The van der Waals surface area contributed by atoms with E-state index in [4.69, 9.17) is 4.98 Å². The lowest BCUT2D eigenvalue weighted by Gasteiger charge is -2.38. The first-order valence-electron chi connectivity index (χ1n) is 7.76. The Hall–Kier alpha value is -1.35. The summed E-state index contributed by atoms with van der Waals surface area (Å²) < 4.78 is 0. The van der Waals surface area contributed by atoms with Gasteiger partial charge >= 0.3 is 0 Å². The first-order chi connectivity index (χ1) is 9.54. The number of piperidine rings is 1. The number of hydrogen-bond donors (Lipinski definition) is 1. The lowest BCUT2D eigenvalue weighted by Crippen LogP contribution is -2.43. The van der Waals surface area contributed by atoms with Crippen LogP contribution in [0, 0.1) is 13.8 Å². The van der Waals surface area contributed by atoms with E-state index in [-0.39, 0.29) is 0 Å². The summed E-state index contributed by atoms with van der Waals surface area (Å²) in [6, 6.07) is 5.73. The summed E-state index contributed by atoms with van der Waals surface area (Å²) in [6.45, 7) is 9.93. The third kappa shape index (κ3) is 2.47. The normalized spacial score (nSPS) is 24.4. The van der Waals surface area contributed by atoms with Crippen molar-refractivity contribution in [2.45, 2.75) is 65.6 Å². The molecule has 0 spiro atoms. The van der Waals surface area contributed by atoms with Crippen LogP contribution in [0.25, 0.3) is 11.0 Å². The van der Waals surface area contributed by atoms with Crippen LogP contribution in [-0.2, 0) is 6.54 Å². The van der Waals surface area contributed by atoms with Gasteiger partial charge in [-0.15, -0.1) is 0 Å². The van der Waals surface area contributed by atoms with Crippen LogP contribution >= 0.6 is 0 Å². The molecule has 3 nitrogen and oxygen atoms in total. The lowest BCUT2D eigenvalue weighted by molar-refractivity contribution is 0.0926. The second kappa shape index (κ2) is 5.21. The van der Waals surface area contributed by atoms with E-state index in [1.807, 2.05) is 0 Å². The van der Waals surface area contributed by atoms with Gasteiger partial charge in [-0.2, -0.15) is 0 Å². The molecule has 1 aromatic carbocycles. The molecular weight excluding hydrogens is 246 g/mol. The molecule has 2 aromatic rings. The second-order valence-corrected chi connectivity index (χ2v) is 6.44. The van der Waals surface area contributed by atoms with Gasteiger partial charge in [0.2, 0.25) is 0 Å². The highest BCUT2D eigenvalue weighted by Gasteiger charge is 2.25. The zero-order valence-electron chi connectivity index (χ0n) is 13.0. The second-order valence-electron chi connectivity index (χ2n) is 6.44. The number of nitrogens with zero attached hydrogens (tertiary/aromatic N) is 2. The van der Waals surface area contributed by atoms with Gasteiger partial charge in [0.05, 0.1) is 17.6 Å². The molecule has 2 unspecified atom stereocenters. The number of rotatable bonds is 2. The van der Waals surface area contributed by atoms with E-state index in [0.29, 0.717) is 12.1 Å². The van der Waals surface area contributed by atoms with E-state index in [0.717, 1.165) is 17.9 Å². The Morgan fingerprint density at radius 2 is 1.80 bits per heavy atom. The number of fused-ring (bicyclic) bond motifs is 1. The third-order valence-electron chi connectivity index (χ3n) is 4.85. The molecule has 0 saturated carbocycles. The molecule has 3 heteroatoms. The molecule has 0 radical (unpaired) electrons. The molecule has 1 aliphatic rings. The quantitative estimate of drug-likeness (QED) is 0.897. The van der Waals surface area contributed by atoms with Crippen LogP contribution in [0.15, 0.2) is 12.1 Å². The van der Waals surface area contributed by atoms with E-state index < -0.39 is 0 Å². The average Bonchev–Trinajstić information content (AvgIpc) is 2.76. The minimum absolute atomic E-state index is 0.662. The molecule has 2 atom stereocenters. The Morgan fingerprint density at radius 1 is 1.15 bits per heavy atom. The number of aryl methyl sites for hydroxylation is 2. The zero-order valence-corrected chi connectivity index (χ0v) is 13.0. The Bertz CT molecular complexity index is 565. The maximum Gasteiger partial charge on any atom is 0.121 e. The van der Waals surface area contributed by atoms with Crippen molar-refractivity contribution in [1.82, 2.24) is 14.9 Å². The highest BCUT2D eigenvalue weighted by molar-refractivity contribution is 5.77. The van der Waals surface area contributed by atoms with Crippen LogP contribution in [0.4, 0.5) is 0 Å². The zero-order chi connectivity index (χ0) is 14.3. The van der Waals surface area contributed by atoms with Crippen LogP contribution in [0.3, 0.4) is 0 Å². The molecule has 2 heterocycles. The highest BCUT2D eigenvalue weighted by Crippen LogP contribution is 2.25. The van der Waals surface area contributed by atoms with Gasteiger partial charge in [0.1, 0.15) is 5.82 Å². The molecule has 3 rings (SSSR count). The first kappa shape index (κ1) is 13.6. The highest BCUT2D eigenvalue weighted by atomic mass is 15.2. The molecule has 0 bridgehead atoms. The van der Waals surface area contributed by atoms with Crippen LogP contribution in [0.1, 0.15) is 50.1 Å². The van der Waals surface area contributed by atoms with E-state index in [1.165, 1.54) is 35.9 Å². The molecule has 0 aliphatic carbocycles. The maximum absolute atomic E-state index is 4.78. The van der Waals surface area contributed by atoms with Crippen LogP contribution in [0.2, 0.25) is 0 Å². The number of benzene rings is 1. The van der Waals surface area contributed by atoms with Crippen molar-refractivity contribution in [2.75, 3.05) is 0 Å². The molecular formula is C17H25N3. The fourth-order valence-corrected chi connectivity index (χ4v) is 3.36. The Balaban J connectivity index is 1.87. The lowest BCUT2D eigenvalue weighted by atomic mass is 9.98. The standard InChI is InChI=1S/C17H25N3/c1-11-8-15-16(9-12(11)2)19-17(18-15)10-20-13(3)6-5-7-14(20)4/h8-9,13-14H,5-7,10H2,1-4H3,(H,18,19). The summed E-state index contributed by atoms with van der Waals surface area (Å²) in [7, 11) is 0. The van der Waals surface area contributed by atoms with Crippen molar-refractivity contribution >= 4 is 11.0 Å². The minimum Gasteiger partial charge on any atom is -0.341 e. The van der Waals surface area contributed by atoms with Gasteiger partial charge in [0.15, 0.2) is 0 Å². The molecule has 1 aliphatic heterocycles. The summed E-state index contributed by atoms with van der Waals surface area (Å²) in [6.07, 6.45) is 3.98. The molecule has 1 aromatic heterocycles. The van der Waals surface area contributed by atoms with Crippen LogP contribution < -0.4 is 0 Å². The van der Waals surface area contributed by atoms with Crippen molar-refractivity contribution in [1.29, 1.82) is 0 Å². The first-order valence-corrected chi connectivity index (χ1v) is 7.76. The fourth-order valence-electron chi connectivity index (χ4n) is 3.36. The largest absolute Gasteiger partial charge is 0.341 e. The molecule has 108 valence electrons. The van der Waals surface area contributed by atoms with Crippen molar-refractivity contribution < 1.29 is 0 Å². The Morgan fingerprint density at radius 3 is 2.50 bits per heavy atom. The van der Waals surface area contributed by atoms with Crippen molar-refractivity contribution in [3.8, 4) is 0 Å². The van der Waals surface area contributed by atoms with E-state index in [1.54, 1.807) is 0 Å². The minimum atomic E-state index is 0.662. The van der Waals surface area contributed by atoms with E-state index in [2.05, 4.69) is 49.7 Å². The van der Waals surface area contributed by atoms with Gasteiger partial charge in [-0.1, -0.05) is 6.42 Å². The number of H-pyrrole nitrogens is 1. The monoisotopic (exact) mass is 271 g/mol. The molecule has 0 amide bonds. The maximum atomic E-state index is 4.78. The predicted octanol–water partition coefficient (Wildman–Crippen LogP) is 3.94. The topological polar surface area (TPSA) is 31.9 Å². The Kier molecular flexibility index (Phi) is 3.55. The number of hydrogen-bond acceptors (Lipinski definition) is 2. The van der Waals surface area contributed by atoms with Crippen molar-refractivity contribution in [2.24, 2.45) is 0 Å². The number of aromatic nitrogens is 2. The van der Waals surface area contributed by atoms with Crippen molar-refractivity contribution in [3.05, 3.63) is 29.1 Å². The molecule has 1 saturated heterocycles. The van der Waals surface area contributed by atoms with E-state index >= 15 is 0 Å². The van der Waals surface area contributed by atoms with E-state index in [9.17, 15) is 0 Å². The predicted molar refractivity (Wildman–Crippen MR) is 83.9 cm³/mol. The number of nitrogens with one attached hydrogen (secondary N) is 1. The van der Waals surface area contributed by atoms with Gasteiger partial charge in [-0.3, -0.25) is 4.90 Å². The van der Waals surface area contributed by atoms with Gasteiger partial charge in [-0.05, 0) is 63.8 Å². The number of aromatic amines is 1. The SMILES string of the molecule is Cc1cc2nc(CN3C(C)CCCC3C)[nH]c2cc1C. The summed E-state index contributed by atoms with van der Waals surface area (Å²) in [5.41, 5.74) is 4.91. The summed E-state index contributed by atoms with van der Waals surface area (Å²) in [4.78, 5) is 10.9. The molecule has 1 fully saturated rings. The summed E-state index contributed by atoms with van der Waals surface area (Å²) >= 11 is 0. The van der Waals surface area contributed by atoms with Gasteiger partial charge in [-0.25, -0.2) is 4.98 Å². The Labute approximate surface area is 121 Å².